The van der Waals surface area contributed by atoms with Crippen molar-refractivity contribution in [2.45, 2.75) is 25.5 Å². The van der Waals surface area contributed by atoms with Gasteiger partial charge in [-0.2, -0.15) is 8.78 Å². The highest BCUT2D eigenvalue weighted by molar-refractivity contribution is 5.95. The van der Waals surface area contributed by atoms with Crippen LogP contribution in [0.15, 0.2) is 24.3 Å². The van der Waals surface area contributed by atoms with Crippen molar-refractivity contribution >= 4 is 5.91 Å². The van der Waals surface area contributed by atoms with E-state index in [9.17, 15) is 13.6 Å². The number of nitrogens with two attached hydrogens (primary N) is 1. The number of carbonyl (C=O) groups excluding carboxylic acids is 1. The zero-order valence-corrected chi connectivity index (χ0v) is 10.4. The average Bonchev–Trinajstić information content (AvgIpc) is 3.19. The molecule has 1 aromatic carbocycles. The number of amides is 1. The number of rotatable bonds is 6. The molecule has 0 aromatic heterocycles. The molecular weight excluding hydrogens is 254 g/mol. The first-order valence-electron chi connectivity index (χ1n) is 6.17. The van der Waals surface area contributed by atoms with Gasteiger partial charge in [0.25, 0.3) is 5.91 Å². The van der Waals surface area contributed by atoms with Gasteiger partial charge in [0.15, 0.2) is 0 Å². The van der Waals surface area contributed by atoms with E-state index >= 15 is 0 Å². The van der Waals surface area contributed by atoms with Crippen molar-refractivity contribution in [3.05, 3.63) is 29.8 Å². The fourth-order valence-corrected chi connectivity index (χ4v) is 1.95. The zero-order valence-electron chi connectivity index (χ0n) is 10.4. The van der Waals surface area contributed by atoms with E-state index in [-0.39, 0.29) is 17.7 Å². The number of alkyl halides is 2. The summed E-state index contributed by atoms with van der Waals surface area (Å²) in [5, 5.41) is 0. The summed E-state index contributed by atoms with van der Waals surface area (Å²) in [4.78, 5) is 14.0. The highest BCUT2D eigenvalue weighted by Gasteiger charge is 2.32. The molecule has 19 heavy (non-hydrogen) atoms. The quantitative estimate of drug-likeness (QED) is 0.858. The molecule has 1 saturated carbocycles. The van der Waals surface area contributed by atoms with Gasteiger partial charge >= 0.3 is 6.61 Å². The van der Waals surface area contributed by atoms with Crippen molar-refractivity contribution in [2.24, 2.45) is 5.73 Å². The maximum Gasteiger partial charge on any atom is 0.387 e. The highest BCUT2D eigenvalue weighted by atomic mass is 19.3. The summed E-state index contributed by atoms with van der Waals surface area (Å²) in [6, 6.07) is 6.08. The van der Waals surface area contributed by atoms with Gasteiger partial charge in [-0.15, -0.1) is 0 Å². The topological polar surface area (TPSA) is 55.6 Å². The maximum atomic E-state index is 12.3. The van der Waals surface area contributed by atoms with Gasteiger partial charge in [-0.3, -0.25) is 4.79 Å². The number of nitrogens with zero attached hydrogens (tertiary/aromatic N) is 1. The molecule has 0 aliphatic heterocycles. The Morgan fingerprint density at radius 3 is 2.79 bits per heavy atom. The van der Waals surface area contributed by atoms with Crippen LogP contribution in [0.4, 0.5) is 8.78 Å². The van der Waals surface area contributed by atoms with Gasteiger partial charge in [0.2, 0.25) is 0 Å². The van der Waals surface area contributed by atoms with Crippen LogP contribution in [0.3, 0.4) is 0 Å². The van der Waals surface area contributed by atoms with Crippen LogP contribution in [-0.4, -0.2) is 36.5 Å². The van der Waals surface area contributed by atoms with E-state index in [1.54, 1.807) is 11.0 Å². The minimum absolute atomic E-state index is 0.00987. The number of carbonyl (C=O) groups is 1. The van der Waals surface area contributed by atoms with Gasteiger partial charge in [0.1, 0.15) is 5.75 Å². The van der Waals surface area contributed by atoms with E-state index in [4.69, 9.17) is 5.73 Å². The Hall–Kier alpha value is -1.69. The molecule has 0 atom stereocenters. The van der Waals surface area contributed by atoms with Crippen molar-refractivity contribution in [3.63, 3.8) is 0 Å². The monoisotopic (exact) mass is 270 g/mol. The first kappa shape index (κ1) is 13.7. The molecule has 0 heterocycles. The minimum Gasteiger partial charge on any atom is -0.435 e. The van der Waals surface area contributed by atoms with Crippen molar-refractivity contribution in [1.82, 2.24) is 4.90 Å². The summed E-state index contributed by atoms with van der Waals surface area (Å²) in [6.45, 7) is -2.03. The summed E-state index contributed by atoms with van der Waals surface area (Å²) in [5.41, 5.74) is 5.83. The maximum absolute atomic E-state index is 12.3. The van der Waals surface area contributed by atoms with Gasteiger partial charge in [-0.05, 0) is 31.0 Å². The third-order valence-corrected chi connectivity index (χ3v) is 2.92. The van der Waals surface area contributed by atoms with E-state index in [0.29, 0.717) is 18.7 Å². The molecule has 104 valence electrons. The van der Waals surface area contributed by atoms with Crippen LogP contribution in [0.2, 0.25) is 0 Å². The molecule has 2 N–H and O–H groups in total. The van der Waals surface area contributed by atoms with Crippen LogP contribution >= 0.6 is 0 Å². The highest BCUT2D eigenvalue weighted by Crippen LogP contribution is 2.28. The fraction of sp³-hybridized carbons (Fsp3) is 0.462. The first-order valence-corrected chi connectivity index (χ1v) is 6.17. The Kier molecular flexibility index (Phi) is 4.31. The third kappa shape index (κ3) is 3.64. The smallest absolute Gasteiger partial charge is 0.387 e. The lowest BCUT2D eigenvalue weighted by Crippen LogP contribution is -2.37. The summed E-state index contributed by atoms with van der Waals surface area (Å²) in [6.07, 6.45) is 1.94. The number of hydrogen-bond donors (Lipinski definition) is 1. The van der Waals surface area contributed by atoms with Gasteiger partial charge in [0.05, 0.1) is 0 Å². The van der Waals surface area contributed by atoms with Crippen molar-refractivity contribution in [2.75, 3.05) is 13.1 Å². The summed E-state index contributed by atoms with van der Waals surface area (Å²) in [7, 11) is 0. The van der Waals surface area contributed by atoms with Gasteiger partial charge in [-0.25, -0.2) is 0 Å². The Bertz CT molecular complexity index is 450. The molecule has 0 radical (unpaired) electrons. The van der Waals surface area contributed by atoms with Crippen LogP contribution in [0, 0.1) is 0 Å². The summed E-state index contributed by atoms with van der Waals surface area (Å²) >= 11 is 0. The molecule has 1 amide bonds. The van der Waals surface area contributed by atoms with Crippen molar-refractivity contribution in [1.29, 1.82) is 0 Å². The Balaban J connectivity index is 2.12. The van der Waals surface area contributed by atoms with E-state index in [1.807, 2.05) is 0 Å². The number of hydrogen-bond acceptors (Lipinski definition) is 3. The fourth-order valence-electron chi connectivity index (χ4n) is 1.95. The third-order valence-electron chi connectivity index (χ3n) is 2.92. The lowest BCUT2D eigenvalue weighted by molar-refractivity contribution is -0.0499. The largest absolute Gasteiger partial charge is 0.435 e. The standard InChI is InChI=1S/C13H16F2N2O2/c14-13(15)19-11-3-1-2-9(8-11)12(18)17(7-6-16)10-4-5-10/h1-3,8,10,13H,4-7,16H2. The SMILES string of the molecule is NCCN(C(=O)c1cccc(OC(F)F)c1)C1CC1. The van der Waals surface area contributed by atoms with Crippen LogP contribution < -0.4 is 10.5 Å². The molecule has 0 saturated heterocycles. The second-order valence-corrected chi connectivity index (χ2v) is 4.42. The van der Waals surface area contributed by atoms with Crippen LogP contribution in [0.5, 0.6) is 5.75 Å². The average molecular weight is 270 g/mol. The second kappa shape index (κ2) is 5.97. The Morgan fingerprint density at radius 2 is 2.21 bits per heavy atom. The van der Waals surface area contributed by atoms with Crippen LogP contribution in [-0.2, 0) is 0 Å². The van der Waals surface area contributed by atoms with E-state index in [2.05, 4.69) is 4.74 Å². The number of halogens is 2. The van der Waals surface area contributed by atoms with Crippen molar-refractivity contribution < 1.29 is 18.3 Å². The Morgan fingerprint density at radius 1 is 1.47 bits per heavy atom. The van der Waals surface area contributed by atoms with Gasteiger partial charge < -0.3 is 15.4 Å². The molecule has 0 unspecified atom stereocenters. The predicted octanol–water partition coefficient (Wildman–Crippen LogP) is 1.85. The van der Waals surface area contributed by atoms with Gasteiger partial charge in [0, 0.05) is 24.7 Å². The van der Waals surface area contributed by atoms with Crippen molar-refractivity contribution in [3.8, 4) is 5.75 Å². The summed E-state index contributed by atoms with van der Waals surface area (Å²) in [5.74, 6) is -0.197. The normalized spacial score (nSPS) is 14.5. The molecular formula is C13H16F2N2O2. The molecule has 1 aromatic rings. The Labute approximate surface area is 110 Å². The zero-order chi connectivity index (χ0) is 13.8. The molecule has 2 rings (SSSR count). The predicted molar refractivity (Wildman–Crippen MR) is 66.2 cm³/mol. The van der Waals surface area contributed by atoms with E-state index < -0.39 is 6.61 Å². The van der Waals surface area contributed by atoms with Crippen LogP contribution in [0.25, 0.3) is 0 Å². The molecule has 1 aliphatic rings. The minimum atomic E-state index is -2.89. The number of benzene rings is 1. The molecule has 1 fully saturated rings. The summed E-state index contributed by atoms with van der Waals surface area (Å²) < 4.78 is 28.6. The molecule has 1 aliphatic carbocycles. The van der Waals surface area contributed by atoms with Crippen LogP contribution in [0.1, 0.15) is 23.2 Å². The molecule has 0 bridgehead atoms. The first-order chi connectivity index (χ1) is 9.11. The van der Waals surface area contributed by atoms with E-state index in [1.165, 1.54) is 18.2 Å². The van der Waals surface area contributed by atoms with E-state index in [0.717, 1.165) is 12.8 Å². The number of ether oxygens (including phenoxy) is 1. The molecule has 6 heteroatoms. The lowest BCUT2D eigenvalue weighted by atomic mass is 10.2. The lowest BCUT2D eigenvalue weighted by Gasteiger charge is -2.21. The van der Waals surface area contributed by atoms with Gasteiger partial charge in [-0.1, -0.05) is 6.07 Å². The molecule has 0 spiro atoms. The second-order valence-electron chi connectivity index (χ2n) is 4.42. The molecule has 4 nitrogen and oxygen atoms in total.